The molecule has 1 fully saturated rings. The monoisotopic (exact) mass is 347 g/mol. The van der Waals surface area contributed by atoms with Crippen molar-refractivity contribution in [3.63, 3.8) is 0 Å². The van der Waals surface area contributed by atoms with E-state index in [4.69, 9.17) is 9.47 Å². The highest BCUT2D eigenvalue weighted by Gasteiger charge is 2.24. The minimum atomic E-state index is 0.0242. The molecule has 1 aliphatic rings. The van der Waals surface area contributed by atoms with Crippen LogP contribution in [0.15, 0.2) is 23.8 Å². The number of amides is 1. The van der Waals surface area contributed by atoms with Gasteiger partial charge in [0.2, 0.25) is 11.8 Å². The maximum absolute atomic E-state index is 12.2. The van der Waals surface area contributed by atoms with Crippen molar-refractivity contribution >= 4 is 17.2 Å². The van der Waals surface area contributed by atoms with Crippen molar-refractivity contribution in [3.8, 4) is 11.8 Å². The number of carbonyl (C=O) groups excluding carboxylic acids is 1. The van der Waals surface area contributed by atoms with E-state index in [9.17, 15) is 4.79 Å². The Morgan fingerprint density at radius 2 is 2.00 bits per heavy atom. The van der Waals surface area contributed by atoms with Crippen LogP contribution >= 0.6 is 11.3 Å². The molecule has 0 saturated heterocycles. The van der Waals surface area contributed by atoms with Gasteiger partial charge in [-0.25, -0.2) is 0 Å². The van der Waals surface area contributed by atoms with E-state index in [-0.39, 0.29) is 18.1 Å². The van der Waals surface area contributed by atoms with Crippen LogP contribution in [-0.4, -0.2) is 35.1 Å². The van der Waals surface area contributed by atoms with Crippen molar-refractivity contribution in [2.24, 2.45) is 0 Å². The minimum Gasteiger partial charge on any atom is -0.480 e. The number of nitrogens with zero attached hydrogens (tertiary/aromatic N) is 2. The van der Waals surface area contributed by atoms with Crippen LogP contribution in [-0.2, 0) is 0 Å². The summed E-state index contributed by atoms with van der Waals surface area (Å²) in [6.07, 6.45) is 6.81. The first-order valence-corrected chi connectivity index (χ1v) is 8.90. The number of hydrogen-bond acceptors (Lipinski definition) is 6. The van der Waals surface area contributed by atoms with E-state index in [0.717, 1.165) is 36.1 Å². The average molecular weight is 347 g/mol. The standard InChI is InChI=1S/C17H21N3O3S/c1-11-7-14(24-10-11)17(21)19-12-3-5-13(6-4-12)23-16-9-18-8-15(20-16)22-2/h7-10,12-13H,3-6H2,1-2H3,(H,19,21). The molecule has 0 bridgehead atoms. The first-order chi connectivity index (χ1) is 11.6. The predicted octanol–water partition coefficient (Wildman–Crippen LogP) is 2.98. The van der Waals surface area contributed by atoms with E-state index >= 15 is 0 Å². The van der Waals surface area contributed by atoms with Gasteiger partial charge in [-0.05, 0) is 49.6 Å². The molecule has 0 atom stereocenters. The minimum absolute atomic E-state index is 0.0242. The number of carbonyl (C=O) groups is 1. The molecular weight excluding hydrogens is 326 g/mol. The number of methoxy groups -OCH3 is 1. The lowest BCUT2D eigenvalue weighted by Gasteiger charge is -2.29. The van der Waals surface area contributed by atoms with Crippen LogP contribution in [0.5, 0.6) is 11.8 Å². The van der Waals surface area contributed by atoms with Gasteiger partial charge in [0, 0.05) is 6.04 Å². The van der Waals surface area contributed by atoms with E-state index in [1.54, 1.807) is 19.5 Å². The van der Waals surface area contributed by atoms with Gasteiger partial charge in [0.15, 0.2) is 0 Å². The van der Waals surface area contributed by atoms with Gasteiger partial charge in [-0.1, -0.05) is 0 Å². The number of thiophene rings is 1. The summed E-state index contributed by atoms with van der Waals surface area (Å²) in [4.78, 5) is 21.2. The smallest absolute Gasteiger partial charge is 0.261 e. The fourth-order valence-electron chi connectivity index (χ4n) is 2.79. The fourth-order valence-corrected chi connectivity index (χ4v) is 3.59. The van der Waals surface area contributed by atoms with Crippen molar-refractivity contribution in [3.05, 3.63) is 34.3 Å². The van der Waals surface area contributed by atoms with Crippen LogP contribution in [0.25, 0.3) is 0 Å². The summed E-state index contributed by atoms with van der Waals surface area (Å²) in [5.74, 6) is 0.951. The van der Waals surface area contributed by atoms with Crippen LogP contribution in [0.1, 0.15) is 40.9 Å². The van der Waals surface area contributed by atoms with E-state index in [1.165, 1.54) is 11.3 Å². The third-order valence-corrected chi connectivity index (χ3v) is 5.10. The Bertz CT molecular complexity index is 696. The van der Waals surface area contributed by atoms with Gasteiger partial charge in [0.1, 0.15) is 6.10 Å². The molecule has 2 aromatic rings. The van der Waals surface area contributed by atoms with E-state index in [1.807, 2.05) is 18.4 Å². The second kappa shape index (κ2) is 7.61. The van der Waals surface area contributed by atoms with Crippen LogP contribution in [0.2, 0.25) is 0 Å². The predicted molar refractivity (Wildman–Crippen MR) is 91.8 cm³/mol. The molecule has 0 radical (unpaired) electrons. The molecular formula is C17H21N3O3S. The van der Waals surface area contributed by atoms with Gasteiger partial charge in [-0.15, -0.1) is 11.3 Å². The molecule has 6 nitrogen and oxygen atoms in total. The van der Waals surface area contributed by atoms with Gasteiger partial charge >= 0.3 is 0 Å². The second-order valence-corrected chi connectivity index (χ2v) is 6.86. The first kappa shape index (κ1) is 16.7. The molecule has 3 rings (SSSR count). The topological polar surface area (TPSA) is 73.3 Å². The number of aromatic nitrogens is 2. The summed E-state index contributed by atoms with van der Waals surface area (Å²) in [6.45, 7) is 2.00. The van der Waals surface area contributed by atoms with Crippen LogP contribution in [0.4, 0.5) is 0 Å². The van der Waals surface area contributed by atoms with Gasteiger partial charge in [0.05, 0.1) is 24.4 Å². The number of rotatable bonds is 5. The summed E-state index contributed by atoms with van der Waals surface area (Å²) in [5.41, 5.74) is 1.13. The van der Waals surface area contributed by atoms with Gasteiger partial charge < -0.3 is 14.8 Å². The van der Waals surface area contributed by atoms with Crippen LogP contribution in [0.3, 0.4) is 0 Å². The highest BCUT2D eigenvalue weighted by Crippen LogP contribution is 2.24. The van der Waals surface area contributed by atoms with Gasteiger partial charge in [-0.2, -0.15) is 4.98 Å². The molecule has 1 amide bonds. The molecule has 1 N–H and O–H groups in total. The molecule has 128 valence electrons. The lowest BCUT2D eigenvalue weighted by molar-refractivity contribution is 0.0893. The van der Waals surface area contributed by atoms with Crippen molar-refractivity contribution in [2.45, 2.75) is 44.8 Å². The van der Waals surface area contributed by atoms with Crippen molar-refractivity contribution in [1.29, 1.82) is 0 Å². The molecule has 1 saturated carbocycles. The maximum atomic E-state index is 12.2. The van der Waals surface area contributed by atoms with Gasteiger partial charge in [0.25, 0.3) is 5.91 Å². The fraction of sp³-hybridized carbons (Fsp3) is 0.471. The summed E-state index contributed by atoms with van der Waals surface area (Å²) in [6, 6.07) is 2.13. The quantitative estimate of drug-likeness (QED) is 0.900. The Labute approximate surface area is 145 Å². The highest BCUT2D eigenvalue weighted by atomic mass is 32.1. The van der Waals surface area contributed by atoms with Crippen molar-refractivity contribution in [2.75, 3.05) is 7.11 Å². The number of nitrogens with one attached hydrogen (secondary N) is 1. The number of aryl methyl sites for hydroxylation is 1. The Morgan fingerprint density at radius 3 is 2.67 bits per heavy atom. The molecule has 24 heavy (non-hydrogen) atoms. The maximum Gasteiger partial charge on any atom is 0.261 e. The molecule has 0 spiro atoms. The Kier molecular flexibility index (Phi) is 5.30. The lowest BCUT2D eigenvalue weighted by Crippen LogP contribution is -2.39. The summed E-state index contributed by atoms with van der Waals surface area (Å²) in [5, 5.41) is 5.11. The molecule has 7 heteroatoms. The Morgan fingerprint density at radius 1 is 1.25 bits per heavy atom. The average Bonchev–Trinajstić information content (AvgIpc) is 3.03. The largest absolute Gasteiger partial charge is 0.480 e. The Hall–Kier alpha value is -2.15. The number of ether oxygens (including phenoxy) is 2. The normalized spacial score (nSPS) is 20.4. The number of hydrogen-bond donors (Lipinski definition) is 1. The summed E-state index contributed by atoms with van der Waals surface area (Å²) in [7, 11) is 1.55. The van der Waals surface area contributed by atoms with Crippen LogP contribution in [0, 0.1) is 6.92 Å². The summed E-state index contributed by atoms with van der Waals surface area (Å²) >= 11 is 1.49. The molecule has 0 unspecified atom stereocenters. The molecule has 0 aromatic carbocycles. The molecule has 0 aliphatic heterocycles. The zero-order valence-electron chi connectivity index (χ0n) is 13.8. The van der Waals surface area contributed by atoms with E-state index in [2.05, 4.69) is 15.3 Å². The third-order valence-electron chi connectivity index (χ3n) is 4.05. The van der Waals surface area contributed by atoms with Crippen molar-refractivity contribution in [1.82, 2.24) is 15.3 Å². The summed E-state index contributed by atoms with van der Waals surface area (Å²) < 4.78 is 10.9. The first-order valence-electron chi connectivity index (χ1n) is 8.02. The van der Waals surface area contributed by atoms with Gasteiger partial charge in [-0.3, -0.25) is 9.78 Å². The van der Waals surface area contributed by atoms with E-state index in [0.29, 0.717) is 11.8 Å². The molecule has 2 aromatic heterocycles. The molecule has 2 heterocycles. The lowest BCUT2D eigenvalue weighted by atomic mass is 9.93. The molecule has 1 aliphatic carbocycles. The SMILES string of the molecule is COc1cncc(OC2CCC(NC(=O)c3cc(C)cs3)CC2)n1. The highest BCUT2D eigenvalue weighted by molar-refractivity contribution is 7.12. The zero-order chi connectivity index (χ0) is 16.9. The second-order valence-electron chi connectivity index (χ2n) is 5.95. The van der Waals surface area contributed by atoms with Crippen LogP contribution < -0.4 is 14.8 Å². The zero-order valence-corrected chi connectivity index (χ0v) is 14.6. The van der Waals surface area contributed by atoms with E-state index < -0.39 is 0 Å². The third kappa shape index (κ3) is 4.23. The van der Waals surface area contributed by atoms with Crippen molar-refractivity contribution < 1.29 is 14.3 Å². The Balaban J connectivity index is 1.47.